The van der Waals surface area contributed by atoms with E-state index in [-0.39, 0.29) is 30.2 Å². The van der Waals surface area contributed by atoms with Gasteiger partial charge in [-0.1, -0.05) is 29.8 Å². The molecule has 3 rings (SSSR count). The summed E-state index contributed by atoms with van der Waals surface area (Å²) >= 11 is 0. The lowest BCUT2D eigenvalue weighted by molar-refractivity contribution is -0.138. The zero-order valence-electron chi connectivity index (χ0n) is 15.3. The van der Waals surface area contributed by atoms with Crippen molar-refractivity contribution < 1.29 is 22.7 Å². The second-order valence-corrected chi connectivity index (χ2v) is 8.05. The van der Waals surface area contributed by atoms with E-state index in [0.717, 1.165) is 24.5 Å². The van der Waals surface area contributed by atoms with Crippen LogP contribution < -0.4 is 0 Å². The molecule has 2 aliphatic heterocycles. The molecule has 0 aromatic heterocycles. The van der Waals surface area contributed by atoms with Gasteiger partial charge in [0.2, 0.25) is 0 Å². The Bertz CT molecular complexity index is 719. The Morgan fingerprint density at radius 3 is 2.50 bits per heavy atom. The molecule has 142 valence electrons. The number of carbonyl (C=O) groups is 1. The predicted octanol–water partition coefficient (Wildman–Crippen LogP) is 5.35. The molecule has 1 fully saturated rings. The number of alkyl halides is 3. The minimum Gasteiger partial charge on any atom is -0.444 e. The zero-order chi connectivity index (χ0) is 19.1. The third-order valence-electron chi connectivity index (χ3n) is 4.82. The van der Waals surface area contributed by atoms with Crippen LogP contribution in [0.3, 0.4) is 0 Å². The Balaban J connectivity index is 1.78. The maximum Gasteiger partial charge on any atom is 0.416 e. The molecule has 1 saturated heterocycles. The lowest BCUT2D eigenvalue weighted by Crippen LogP contribution is -2.45. The normalized spacial score (nSPS) is 23.0. The van der Waals surface area contributed by atoms with Crippen LogP contribution in [-0.2, 0) is 17.3 Å². The van der Waals surface area contributed by atoms with E-state index in [2.05, 4.69) is 0 Å². The molecule has 1 aromatic rings. The van der Waals surface area contributed by atoms with E-state index in [1.807, 2.05) is 26.8 Å². The van der Waals surface area contributed by atoms with Gasteiger partial charge in [0.15, 0.2) is 0 Å². The van der Waals surface area contributed by atoms with Crippen molar-refractivity contribution in [2.24, 2.45) is 0 Å². The molecule has 0 radical (unpaired) electrons. The highest BCUT2D eigenvalue weighted by atomic mass is 19.4. The molecule has 0 saturated carbocycles. The lowest BCUT2D eigenvalue weighted by Gasteiger charge is -2.35. The highest BCUT2D eigenvalue weighted by molar-refractivity contribution is 5.70. The monoisotopic (exact) mass is 367 g/mol. The summed E-state index contributed by atoms with van der Waals surface area (Å²) in [6, 6.07) is 5.63. The van der Waals surface area contributed by atoms with Crippen LogP contribution in [0, 0.1) is 0 Å². The van der Waals surface area contributed by atoms with Crippen molar-refractivity contribution in [2.75, 3.05) is 0 Å². The molecule has 1 aromatic carbocycles. The molecule has 2 bridgehead atoms. The molecular formula is C20H24F3NO2. The number of hydrogen-bond acceptors (Lipinski definition) is 2. The summed E-state index contributed by atoms with van der Waals surface area (Å²) in [6.07, 6.45) is -0.184. The number of nitrogens with zero attached hydrogens (tertiary/aromatic N) is 1. The molecule has 2 aliphatic rings. The van der Waals surface area contributed by atoms with Crippen molar-refractivity contribution in [1.29, 1.82) is 0 Å². The van der Waals surface area contributed by atoms with Crippen LogP contribution in [-0.4, -0.2) is 28.7 Å². The second-order valence-electron chi connectivity index (χ2n) is 8.05. The first-order valence-corrected chi connectivity index (χ1v) is 8.90. The second kappa shape index (κ2) is 6.63. The molecule has 2 heterocycles. The summed E-state index contributed by atoms with van der Waals surface area (Å²) in [5.41, 5.74) is 0.111. The maximum absolute atomic E-state index is 13.2. The van der Waals surface area contributed by atoms with Crippen LogP contribution in [0.1, 0.15) is 51.2 Å². The lowest BCUT2D eigenvalue weighted by atomic mass is 9.93. The molecule has 0 aliphatic carbocycles. The number of hydrogen-bond donors (Lipinski definition) is 0. The molecule has 3 nitrogen and oxygen atoms in total. The van der Waals surface area contributed by atoms with Crippen LogP contribution in [0.2, 0.25) is 0 Å². The zero-order valence-corrected chi connectivity index (χ0v) is 15.3. The summed E-state index contributed by atoms with van der Waals surface area (Å²) in [7, 11) is 0. The van der Waals surface area contributed by atoms with E-state index in [1.54, 1.807) is 11.0 Å². The van der Waals surface area contributed by atoms with Crippen molar-refractivity contribution in [3.8, 4) is 0 Å². The van der Waals surface area contributed by atoms with E-state index >= 15 is 0 Å². The smallest absolute Gasteiger partial charge is 0.416 e. The summed E-state index contributed by atoms with van der Waals surface area (Å²) in [5.74, 6) is 0. The van der Waals surface area contributed by atoms with E-state index in [0.29, 0.717) is 6.42 Å². The molecular weight excluding hydrogens is 343 g/mol. The van der Waals surface area contributed by atoms with Gasteiger partial charge < -0.3 is 4.74 Å². The van der Waals surface area contributed by atoms with Crippen molar-refractivity contribution in [3.63, 3.8) is 0 Å². The number of fused-ring (bicyclic) bond motifs is 2. The molecule has 2 unspecified atom stereocenters. The van der Waals surface area contributed by atoms with Crippen LogP contribution in [0.25, 0.3) is 0 Å². The van der Waals surface area contributed by atoms with Gasteiger partial charge in [-0.25, -0.2) is 4.79 Å². The van der Waals surface area contributed by atoms with Gasteiger partial charge in [0.1, 0.15) is 5.60 Å². The number of halogens is 3. The highest BCUT2D eigenvalue weighted by Crippen LogP contribution is 2.38. The molecule has 0 N–H and O–H groups in total. The Hall–Kier alpha value is -1.98. The van der Waals surface area contributed by atoms with Crippen LogP contribution in [0.4, 0.5) is 18.0 Å². The minimum atomic E-state index is -4.35. The fourth-order valence-electron chi connectivity index (χ4n) is 3.84. The van der Waals surface area contributed by atoms with Gasteiger partial charge in [0.05, 0.1) is 11.6 Å². The fraction of sp³-hybridized carbons (Fsp3) is 0.550. The first kappa shape index (κ1) is 18.8. The average molecular weight is 367 g/mol. The number of carbonyl (C=O) groups excluding carboxylic acids is 1. The predicted molar refractivity (Wildman–Crippen MR) is 92.7 cm³/mol. The largest absolute Gasteiger partial charge is 0.444 e. The third kappa shape index (κ3) is 4.05. The van der Waals surface area contributed by atoms with E-state index < -0.39 is 17.3 Å². The van der Waals surface area contributed by atoms with Crippen molar-refractivity contribution in [1.82, 2.24) is 4.90 Å². The quantitative estimate of drug-likeness (QED) is 0.660. The Morgan fingerprint density at radius 1 is 1.19 bits per heavy atom. The Labute approximate surface area is 151 Å². The van der Waals surface area contributed by atoms with Gasteiger partial charge in [-0.2, -0.15) is 13.2 Å². The topological polar surface area (TPSA) is 29.5 Å². The van der Waals surface area contributed by atoms with Crippen LogP contribution >= 0.6 is 0 Å². The summed E-state index contributed by atoms with van der Waals surface area (Å²) in [5, 5.41) is 0. The van der Waals surface area contributed by atoms with Crippen LogP contribution in [0.15, 0.2) is 35.9 Å². The average Bonchev–Trinajstić information content (AvgIpc) is 2.77. The molecule has 26 heavy (non-hydrogen) atoms. The molecule has 2 atom stereocenters. The fourth-order valence-corrected chi connectivity index (χ4v) is 3.84. The third-order valence-corrected chi connectivity index (χ3v) is 4.82. The number of ether oxygens (including phenoxy) is 1. The summed E-state index contributed by atoms with van der Waals surface area (Å²) < 4.78 is 45.1. The number of benzene rings is 1. The van der Waals surface area contributed by atoms with Crippen molar-refractivity contribution in [2.45, 2.75) is 70.3 Å². The van der Waals surface area contributed by atoms with Crippen LogP contribution in [0.5, 0.6) is 0 Å². The summed E-state index contributed by atoms with van der Waals surface area (Å²) in [4.78, 5) is 14.2. The van der Waals surface area contributed by atoms with E-state index in [4.69, 9.17) is 4.74 Å². The first-order valence-electron chi connectivity index (χ1n) is 8.90. The molecule has 1 amide bonds. The number of rotatable bonds is 2. The van der Waals surface area contributed by atoms with E-state index in [9.17, 15) is 18.0 Å². The minimum absolute atomic E-state index is 0.00731. The number of amides is 1. The maximum atomic E-state index is 13.2. The van der Waals surface area contributed by atoms with Gasteiger partial charge >= 0.3 is 12.3 Å². The van der Waals surface area contributed by atoms with Gasteiger partial charge in [0.25, 0.3) is 0 Å². The van der Waals surface area contributed by atoms with Crippen molar-refractivity contribution >= 4 is 6.09 Å². The first-order chi connectivity index (χ1) is 12.0. The van der Waals surface area contributed by atoms with Gasteiger partial charge in [-0.15, -0.1) is 0 Å². The Kier molecular flexibility index (Phi) is 4.80. The summed E-state index contributed by atoms with van der Waals surface area (Å²) in [6.45, 7) is 5.48. The SMILES string of the molecule is CC(C)(C)OC(=O)N1C2C=C(Cc3ccccc3C(F)(F)F)CC1CC2. The van der Waals surface area contributed by atoms with E-state index in [1.165, 1.54) is 12.1 Å². The van der Waals surface area contributed by atoms with Gasteiger partial charge in [-0.05, 0) is 58.1 Å². The highest BCUT2D eigenvalue weighted by Gasteiger charge is 2.42. The van der Waals surface area contributed by atoms with Crippen molar-refractivity contribution in [3.05, 3.63) is 47.0 Å². The molecule has 0 spiro atoms. The standard InChI is InChI=1S/C20H24F3NO2/c1-19(2,3)26-18(25)24-15-8-9-16(24)12-13(11-15)10-14-6-4-5-7-17(14)20(21,22)23/h4-7,11,15-16H,8-10,12H2,1-3H3. The van der Waals surface area contributed by atoms with Gasteiger partial charge in [0, 0.05) is 6.04 Å². The molecule has 6 heteroatoms. The van der Waals surface area contributed by atoms with Gasteiger partial charge in [-0.3, -0.25) is 4.90 Å². The Morgan fingerprint density at radius 2 is 1.88 bits per heavy atom.